The summed E-state index contributed by atoms with van der Waals surface area (Å²) >= 11 is 0. The molecule has 2 rings (SSSR count). The molecule has 1 aliphatic rings. The SMILES string of the molecule is C=CCCC(O)C1CCc2ccccc21. The Balaban J connectivity index is 2.09. The second kappa shape index (κ2) is 4.63. The van der Waals surface area contributed by atoms with E-state index in [0.717, 1.165) is 25.7 Å². The highest BCUT2D eigenvalue weighted by atomic mass is 16.3. The van der Waals surface area contributed by atoms with Gasteiger partial charge in [-0.3, -0.25) is 0 Å². The van der Waals surface area contributed by atoms with Crippen LogP contribution in [-0.2, 0) is 6.42 Å². The Bertz CT molecular complexity index is 343. The zero-order valence-electron chi connectivity index (χ0n) is 9.02. The van der Waals surface area contributed by atoms with Gasteiger partial charge in [0.25, 0.3) is 0 Å². The lowest BCUT2D eigenvalue weighted by molar-refractivity contribution is 0.134. The molecule has 0 saturated heterocycles. The van der Waals surface area contributed by atoms with Crippen LogP contribution < -0.4 is 0 Å². The lowest BCUT2D eigenvalue weighted by Crippen LogP contribution is -2.15. The Morgan fingerprint density at radius 2 is 2.27 bits per heavy atom. The first-order valence-corrected chi connectivity index (χ1v) is 5.69. The Labute approximate surface area is 91.4 Å². The first-order chi connectivity index (χ1) is 7.33. The van der Waals surface area contributed by atoms with E-state index in [2.05, 4.69) is 30.8 Å². The van der Waals surface area contributed by atoms with E-state index in [1.165, 1.54) is 11.1 Å². The molecule has 1 aliphatic carbocycles. The molecule has 2 unspecified atom stereocenters. The van der Waals surface area contributed by atoms with E-state index in [-0.39, 0.29) is 6.10 Å². The van der Waals surface area contributed by atoms with Crippen molar-refractivity contribution < 1.29 is 5.11 Å². The highest BCUT2D eigenvalue weighted by Crippen LogP contribution is 2.36. The quantitative estimate of drug-likeness (QED) is 0.744. The number of fused-ring (bicyclic) bond motifs is 1. The number of aliphatic hydroxyl groups is 1. The van der Waals surface area contributed by atoms with Crippen molar-refractivity contribution >= 4 is 0 Å². The minimum atomic E-state index is -0.202. The number of rotatable bonds is 4. The van der Waals surface area contributed by atoms with Gasteiger partial charge in [-0.05, 0) is 36.8 Å². The molecule has 0 amide bonds. The second-order valence-corrected chi connectivity index (χ2v) is 4.28. The van der Waals surface area contributed by atoms with E-state index in [1.54, 1.807) is 0 Å². The lowest BCUT2D eigenvalue weighted by Gasteiger charge is -2.18. The van der Waals surface area contributed by atoms with Crippen molar-refractivity contribution in [2.24, 2.45) is 0 Å². The highest BCUT2D eigenvalue weighted by Gasteiger charge is 2.27. The monoisotopic (exact) mass is 202 g/mol. The molecule has 15 heavy (non-hydrogen) atoms. The fourth-order valence-corrected chi connectivity index (χ4v) is 2.48. The predicted octanol–water partition coefficient (Wildman–Crippen LogP) is 3.04. The largest absolute Gasteiger partial charge is 0.392 e. The zero-order valence-corrected chi connectivity index (χ0v) is 9.02. The summed E-state index contributed by atoms with van der Waals surface area (Å²) in [6, 6.07) is 8.48. The van der Waals surface area contributed by atoms with Crippen LogP contribution in [-0.4, -0.2) is 11.2 Å². The van der Waals surface area contributed by atoms with E-state index < -0.39 is 0 Å². The molecule has 2 atom stereocenters. The Morgan fingerprint density at radius 1 is 1.47 bits per heavy atom. The van der Waals surface area contributed by atoms with E-state index in [4.69, 9.17) is 0 Å². The molecule has 0 aliphatic heterocycles. The molecule has 1 nitrogen and oxygen atoms in total. The maximum Gasteiger partial charge on any atom is 0.0611 e. The number of aliphatic hydroxyl groups excluding tert-OH is 1. The number of allylic oxidation sites excluding steroid dienone is 1. The standard InChI is InChI=1S/C14H18O/c1-2-3-8-14(15)13-10-9-11-6-4-5-7-12(11)13/h2,4-7,13-15H,1,3,8-10H2. The third kappa shape index (κ3) is 2.13. The van der Waals surface area contributed by atoms with E-state index in [9.17, 15) is 5.11 Å². The molecule has 0 aromatic heterocycles. The fourth-order valence-electron chi connectivity index (χ4n) is 2.48. The van der Waals surface area contributed by atoms with Gasteiger partial charge in [-0.25, -0.2) is 0 Å². The summed E-state index contributed by atoms with van der Waals surface area (Å²) < 4.78 is 0. The number of benzene rings is 1. The normalized spacial score (nSPS) is 21.0. The minimum absolute atomic E-state index is 0.202. The van der Waals surface area contributed by atoms with Gasteiger partial charge in [-0.2, -0.15) is 0 Å². The van der Waals surface area contributed by atoms with Crippen LogP contribution in [0.1, 0.15) is 36.3 Å². The Kier molecular flexibility index (Phi) is 3.22. The molecule has 1 heteroatoms. The van der Waals surface area contributed by atoms with Crippen molar-refractivity contribution in [1.82, 2.24) is 0 Å². The Hall–Kier alpha value is -1.08. The number of hydrogen-bond donors (Lipinski definition) is 1. The molecular weight excluding hydrogens is 184 g/mol. The van der Waals surface area contributed by atoms with Gasteiger partial charge in [-0.1, -0.05) is 30.3 Å². The van der Waals surface area contributed by atoms with Crippen molar-refractivity contribution in [3.63, 3.8) is 0 Å². The summed E-state index contributed by atoms with van der Waals surface area (Å²) in [5, 5.41) is 10.1. The smallest absolute Gasteiger partial charge is 0.0611 e. The molecule has 0 spiro atoms. The van der Waals surface area contributed by atoms with Gasteiger partial charge in [0.05, 0.1) is 6.10 Å². The van der Waals surface area contributed by atoms with Gasteiger partial charge < -0.3 is 5.11 Å². The number of hydrogen-bond acceptors (Lipinski definition) is 1. The lowest BCUT2D eigenvalue weighted by atomic mass is 9.92. The van der Waals surface area contributed by atoms with Crippen LogP contribution in [0.2, 0.25) is 0 Å². The van der Waals surface area contributed by atoms with Crippen LogP contribution in [0.15, 0.2) is 36.9 Å². The van der Waals surface area contributed by atoms with Gasteiger partial charge in [0, 0.05) is 5.92 Å². The molecule has 0 fully saturated rings. The van der Waals surface area contributed by atoms with Gasteiger partial charge in [-0.15, -0.1) is 6.58 Å². The summed E-state index contributed by atoms with van der Waals surface area (Å²) in [7, 11) is 0. The first kappa shape index (κ1) is 10.4. The molecule has 1 aromatic rings. The van der Waals surface area contributed by atoms with Crippen molar-refractivity contribution in [3.05, 3.63) is 48.0 Å². The zero-order chi connectivity index (χ0) is 10.7. The fraction of sp³-hybridized carbons (Fsp3) is 0.429. The van der Waals surface area contributed by atoms with E-state index in [1.807, 2.05) is 6.08 Å². The van der Waals surface area contributed by atoms with Crippen LogP contribution in [0.25, 0.3) is 0 Å². The van der Waals surface area contributed by atoms with Crippen molar-refractivity contribution in [3.8, 4) is 0 Å². The molecular formula is C14H18O. The van der Waals surface area contributed by atoms with Gasteiger partial charge in [0.1, 0.15) is 0 Å². The Morgan fingerprint density at radius 3 is 3.07 bits per heavy atom. The topological polar surface area (TPSA) is 20.2 Å². The average Bonchev–Trinajstić information content (AvgIpc) is 2.69. The summed E-state index contributed by atoms with van der Waals surface area (Å²) in [4.78, 5) is 0. The molecule has 0 saturated carbocycles. The molecule has 1 N–H and O–H groups in total. The first-order valence-electron chi connectivity index (χ1n) is 5.69. The average molecular weight is 202 g/mol. The molecule has 1 aromatic carbocycles. The third-order valence-electron chi connectivity index (χ3n) is 3.31. The van der Waals surface area contributed by atoms with Gasteiger partial charge >= 0.3 is 0 Å². The predicted molar refractivity (Wildman–Crippen MR) is 62.9 cm³/mol. The molecule has 0 heterocycles. The van der Waals surface area contributed by atoms with Crippen molar-refractivity contribution in [2.45, 2.75) is 37.7 Å². The summed E-state index contributed by atoms with van der Waals surface area (Å²) in [6.07, 6.45) is 5.63. The van der Waals surface area contributed by atoms with Crippen molar-refractivity contribution in [1.29, 1.82) is 0 Å². The molecule has 80 valence electrons. The summed E-state index contributed by atoms with van der Waals surface area (Å²) in [5.74, 6) is 0.348. The van der Waals surface area contributed by atoms with Crippen LogP contribution in [0.3, 0.4) is 0 Å². The van der Waals surface area contributed by atoms with Crippen LogP contribution in [0.5, 0.6) is 0 Å². The van der Waals surface area contributed by atoms with E-state index >= 15 is 0 Å². The highest BCUT2D eigenvalue weighted by molar-refractivity contribution is 5.35. The summed E-state index contributed by atoms with van der Waals surface area (Å²) in [5.41, 5.74) is 2.77. The summed E-state index contributed by atoms with van der Waals surface area (Å²) in [6.45, 7) is 3.69. The molecule has 0 radical (unpaired) electrons. The van der Waals surface area contributed by atoms with Crippen molar-refractivity contribution in [2.75, 3.05) is 0 Å². The maximum atomic E-state index is 10.1. The minimum Gasteiger partial charge on any atom is -0.392 e. The van der Waals surface area contributed by atoms with Gasteiger partial charge in [0.2, 0.25) is 0 Å². The van der Waals surface area contributed by atoms with E-state index in [0.29, 0.717) is 5.92 Å². The second-order valence-electron chi connectivity index (χ2n) is 4.28. The van der Waals surface area contributed by atoms with Crippen LogP contribution in [0, 0.1) is 0 Å². The maximum absolute atomic E-state index is 10.1. The van der Waals surface area contributed by atoms with Crippen LogP contribution in [0.4, 0.5) is 0 Å². The third-order valence-corrected chi connectivity index (χ3v) is 3.31. The van der Waals surface area contributed by atoms with Gasteiger partial charge in [0.15, 0.2) is 0 Å². The molecule has 0 bridgehead atoms. The van der Waals surface area contributed by atoms with Crippen LogP contribution >= 0.6 is 0 Å². The number of aryl methyl sites for hydroxylation is 1.